The van der Waals surface area contributed by atoms with Crippen LogP contribution in [0.5, 0.6) is 11.5 Å². The van der Waals surface area contributed by atoms with Crippen molar-refractivity contribution >= 4 is 27.2 Å². The van der Waals surface area contributed by atoms with Gasteiger partial charge >= 0.3 is 0 Å². The van der Waals surface area contributed by atoms with E-state index in [9.17, 15) is 13.2 Å². The van der Waals surface area contributed by atoms with Crippen LogP contribution in [0.1, 0.15) is 23.2 Å². The number of rotatable bonds is 7. The van der Waals surface area contributed by atoms with Crippen molar-refractivity contribution in [1.29, 1.82) is 0 Å². The van der Waals surface area contributed by atoms with Crippen molar-refractivity contribution in [2.45, 2.75) is 12.8 Å². The van der Waals surface area contributed by atoms with E-state index in [-0.39, 0.29) is 29.4 Å². The number of hydrogen-bond acceptors (Lipinski definition) is 5. The first-order valence-corrected chi connectivity index (χ1v) is 8.34. The number of sulfone groups is 1. The largest absolute Gasteiger partial charge is 0.493 e. The van der Waals surface area contributed by atoms with E-state index in [0.717, 1.165) is 6.26 Å². The first kappa shape index (κ1) is 16.8. The maximum Gasteiger partial charge on any atom is 0.179 e. The molecule has 1 aromatic rings. The maximum absolute atomic E-state index is 12.0. The molecule has 0 aliphatic heterocycles. The summed E-state index contributed by atoms with van der Waals surface area (Å²) in [6, 6.07) is 3.03. The van der Waals surface area contributed by atoms with Crippen molar-refractivity contribution in [2.24, 2.45) is 0 Å². The number of carbonyl (C=O) groups excluding carboxylic acids is 1. The van der Waals surface area contributed by atoms with Crippen molar-refractivity contribution in [3.63, 3.8) is 0 Å². The molecule has 0 saturated heterocycles. The molecule has 0 N–H and O–H groups in total. The molecule has 7 heteroatoms. The summed E-state index contributed by atoms with van der Waals surface area (Å²) >= 11 is 6.01. The molecule has 0 aliphatic carbocycles. The fraction of sp³-hybridized carbons (Fsp3) is 0.462. The Balaban J connectivity index is 2.86. The number of benzene rings is 1. The summed E-state index contributed by atoms with van der Waals surface area (Å²) < 4.78 is 32.2. The molecule has 0 saturated carbocycles. The van der Waals surface area contributed by atoms with Crippen LogP contribution in [0.3, 0.4) is 0 Å². The smallest absolute Gasteiger partial charge is 0.179 e. The van der Waals surface area contributed by atoms with Crippen molar-refractivity contribution in [3.05, 3.63) is 22.7 Å². The highest BCUT2D eigenvalue weighted by Crippen LogP contribution is 2.36. The molecule has 0 radical (unpaired) electrons. The van der Waals surface area contributed by atoms with Gasteiger partial charge in [-0.05, 0) is 18.6 Å². The third-order valence-corrected chi connectivity index (χ3v) is 3.99. The van der Waals surface area contributed by atoms with E-state index in [0.29, 0.717) is 17.1 Å². The molecule has 1 aromatic carbocycles. The van der Waals surface area contributed by atoms with Gasteiger partial charge in [0.1, 0.15) is 9.84 Å². The number of hydrogen-bond donors (Lipinski definition) is 0. The minimum atomic E-state index is -3.06. The van der Waals surface area contributed by atoms with E-state index >= 15 is 0 Å². The first-order chi connectivity index (χ1) is 9.28. The van der Waals surface area contributed by atoms with Crippen LogP contribution in [0.15, 0.2) is 12.1 Å². The third-order valence-electron chi connectivity index (χ3n) is 2.67. The highest BCUT2D eigenvalue weighted by atomic mass is 35.5. The lowest BCUT2D eigenvalue weighted by molar-refractivity contribution is 0.0981. The summed E-state index contributed by atoms with van der Waals surface area (Å²) in [6.45, 7) is 0. The van der Waals surface area contributed by atoms with Gasteiger partial charge in [0, 0.05) is 18.2 Å². The summed E-state index contributed by atoms with van der Waals surface area (Å²) in [7, 11) is -0.150. The minimum absolute atomic E-state index is 0.0141. The van der Waals surface area contributed by atoms with Gasteiger partial charge in [-0.15, -0.1) is 0 Å². The van der Waals surface area contributed by atoms with Crippen LogP contribution in [0.2, 0.25) is 5.02 Å². The molecule has 0 bridgehead atoms. The van der Waals surface area contributed by atoms with Gasteiger partial charge in [-0.1, -0.05) is 11.6 Å². The van der Waals surface area contributed by atoms with Gasteiger partial charge in [-0.25, -0.2) is 8.42 Å². The molecule has 0 spiro atoms. The van der Waals surface area contributed by atoms with Gasteiger partial charge in [-0.3, -0.25) is 4.79 Å². The fourth-order valence-corrected chi connectivity index (χ4v) is 2.67. The molecule has 0 amide bonds. The fourth-order valence-electron chi connectivity index (χ4n) is 1.72. The van der Waals surface area contributed by atoms with Crippen molar-refractivity contribution in [2.75, 3.05) is 26.2 Å². The molecule has 0 aliphatic rings. The first-order valence-electron chi connectivity index (χ1n) is 5.91. The normalized spacial score (nSPS) is 11.2. The minimum Gasteiger partial charge on any atom is -0.493 e. The molecule has 0 atom stereocenters. The Morgan fingerprint density at radius 2 is 1.90 bits per heavy atom. The third kappa shape index (κ3) is 4.68. The average molecular weight is 321 g/mol. The van der Waals surface area contributed by atoms with Crippen molar-refractivity contribution in [1.82, 2.24) is 0 Å². The lowest BCUT2D eigenvalue weighted by Crippen LogP contribution is -2.07. The van der Waals surface area contributed by atoms with E-state index in [1.165, 1.54) is 26.4 Å². The second-order valence-corrected chi connectivity index (χ2v) is 7.02. The number of Topliss-reactive ketones (excluding diaryl/α,β-unsaturated/α-hetero) is 1. The van der Waals surface area contributed by atoms with Gasteiger partial charge in [0.25, 0.3) is 0 Å². The Bertz CT molecular complexity index is 595. The average Bonchev–Trinajstić information content (AvgIpc) is 2.35. The Morgan fingerprint density at radius 1 is 1.25 bits per heavy atom. The topological polar surface area (TPSA) is 69.7 Å². The van der Waals surface area contributed by atoms with Gasteiger partial charge in [-0.2, -0.15) is 0 Å². The van der Waals surface area contributed by atoms with Crippen LogP contribution in [-0.4, -0.2) is 40.4 Å². The van der Waals surface area contributed by atoms with E-state index in [2.05, 4.69) is 0 Å². The van der Waals surface area contributed by atoms with Crippen LogP contribution in [0.25, 0.3) is 0 Å². The molecule has 1 rings (SSSR count). The van der Waals surface area contributed by atoms with Crippen LogP contribution in [-0.2, 0) is 9.84 Å². The molecular weight excluding hydrogens is 304 g/mol. The molecule has 5 nitrogen and oxygen atoms in total. The molecule has 112 valence electrons. The molecular formula is C13H17ClO5S. The van der Waals surface area contributed by atoms with E-state index in [1.54, 1.807) is 0 Å². The lowest BCUT2D eigenvalue weighted by atomic mass is 10.1. The zero-order valence-corrected chi connectivity index (χ0v) is 13.2. The second-order valence-electron chi connectivity index (χ2n) is 4.35. The molecule has 0 unspecified atom stereocenters. The number of ether oxygens (including phenoxy) is 2. The Kier molecular flexibility index (Phi) is 5.83. The predicted octanol–water partition coefficient (Wildman–Crippen LogP) is 2.36. The van der Waals surface area contributed by atoms with Gasteiger partial charge in [0.05, 0.1) is 25.0 Å². The summed E-state index contributed by atoms with van der Waals surface area (Å²) in [5, 5.41) is 0.276. The Labute approximate surface area is 123 Å². The second kappa shape index (κ2) is 6.95. The Hall–Kier alpha value is -1.27. The van der Waals surface area contributed by atoms with Crippen LogP contribution in [0.4, 0.5) is 0 Å². The van der Waals surface area contributed by atoms with Crippen LogP contribution in [0, 0.1) is 0 Å². The quantitative estimate of drug-likeness (QED) is 0.721. The van der Waals surface area contributed by atoms with E-state index < -0.39 is 9.84 Å². The molecule has 0 fully saturated rings. The molecule has 20 heavy (non-hydrogen) atoms. The highest BCUT2D eigenvalue weighted by Gasteiger charge is 2.15. The number of methoxy groups -OCH3 is 2. The zero-order chi connectivity index (χ0) is 15.3. The predicted molar refractivity (Wildman–Crippen MR) is 77.8 cm³/mol. The van der Waals surface area contributed by atoms with E-state index in [4.69, 9.17) is 21.1 Å². The SMILES string of the molecule is COc1cc(C(=O)CCCS(C)(=O)=O)cc(Cl)c1OC. The highest BCUT2D eigenvalue weighted by molar-refractivity contribution is 7.90. The van der Waals surface area contributed by atoms with Crippen molar-refractivity contribution in [3.8, 4) is 11.5 Å². The number of ketones is 1. The van der Waals surface area contributed by atoms with Gasteiger partial charge in [0.15, 0.2) is 17.3 Å². The Morgan fingerprint density at radius 3 is 2.40 bits per heavy atom. The summed E-state index contributed by atoms with van der Waals surface area (Å²) in [5.41, 5.74) is 0.376. The monoisotopic (exact) mass is 320 g/mol. The lowest BCUT2D eigenvalue weighted by Gasteiger charge is -2.11. The summed E-state index contributed by atoms with van der Waals surface area (Å²) in [4.78, 5) is 12.0. The van der Waals surface area contributed by atoms with Crippen LogP contribution >= 0.6 is 11.6 Å². The maximum atomic E-state index is 12.0. The zero-order valence-electron chi connectivity index (χ0n) is 11.6. The molecule has 0 heterocycles. The van der Waals surface area contributed by atoms with Crippen LogP contribution < -0.4 is 9.47 Å². The summed E-state index contributed by atoms with van der Waals surface area (Å²) in [5.74, 6) is 0.532. The number of halogens is 1. The summed E-state index contributed by atoms with van der Waals surface area (Å²) in [6.07, 6.45) is 1.56. The number of carbonyl (C=O) groups is 1. The standard InChI is InChI=1S/C13H17ClO5S/c1-18-12-8-9(7-10(14)13(12)19-2)11(15)5-4-6-20(3,16)17/h7-8H,4-6H2,1-3H3. The molecule has 0 aromatic heterocycles. The van der Waals surface area contributed by atoms with Crippen molar-refractivity contribution < 1.29 is 22.7 Å². The van der Waals surface area contributed by atoms with Gasteiger partial charge < -0.3 is 9.47 Å². The van der Waals surface area contributed by atoms with Gasteiger partial charge in [0.2, 0.25) is 0 Å². The van der Waals surface area contributed by atoms with E-state index in [1.807, 2.05) is 0 Å².